The average molecular weight is 411 g/mol. The first kappa shape index (κ1) is 20.9. The fraction of sp³-hybridized carbons (Fsp3) is 0.333. The molecule has 0 saturated carbocycles. The van der Waals surface area contributed by atoms with Gasteiger partial charge in [-0.25, -0.2) is 9.59 Å². The van der Waals surface area contributed by atoms with Gasteiger partial charge in [-0.2, -0.15) is 5.26 Å². The molecule has 1 aromatic heterocycles. The van der Waals surface area contributed by atoms with E-state index in [4.69, 9.17) is 15.1 Å². The van der Waals surface area contributed by atoms with E-state index in [1.54, 1.807) is 29.2 Å². The van der Waals surface area contributed by atoms with Crippen molar-refractivity contribution in [3.05, 3.63) is 63.6 Å². The molecule has 2 N–H and O–H groups in total. The number of carbonyl (C=O) groups is 2. The lowest BCUT2D eigenvalue weighted by Gasteiger charge is -2.35. The van der Waals surface area contributed by atoms with Crippen molar-refractivity contribution in [2.24, 2.45) is 0 Å². The summed E-state index contributed by atoms with van der Waals surface area (Å²) < 4.78 is 6.82. The highest BCUT2D eigenvalue weighted by Gasteiger charge is 2.28. The first-order valence-corrected chi connectivity index (χ1v) is 9.48. The third-order valence-corrected chi connectivity index (χ3v) is 5.06. The summed E-state index contributed by atoms with van der Waals surface area (Å²) in [6, 6.07) is 8.63. The van der Waals surface area contributed by atoms with E-state index in [2.05, 4.69) is 6.07 Å². The standard InChI is InChI=1S/C21H21N3O6/c22-9-14-5-1-2-6-15(14)13-30-21(29)24-8-4-3-7-16(24)10-23-11-17(20(27)28)19(26)18(25)12-23/h1-2,5-6,11-12,16,25H,3-4,7-8,10,13H2,(H,27,28). The second-order valence-electron chi connectivity index (χ2n) is 7.05. The Morgan fingerprint density at radius 2 is 2.00 bits per heavy atom. The molecule has 156 valence electrons. The molecule has 1 aliphatic rings. The van der Waals surface area contributed by atoms with E-state index in [1.807, 2.05) is 0 Å². The summed E-state index contributed by atoms with van der Waals surface area (Å²) >= 11 is 0. The van der Waals surface area contributed by atoms with Crippen LogP contribution >= 0.6 is 0 Å². The summed E-state index contributed by atoms with van der Waals surface area (Å²) in [4.78, 5) is 37.2. The maximum atomic E-state index is 12.7. The summed E-state index contributed by atoms with van der Waals surface area (Å²) in [5, 5.41) is 28.1. The van der Waals surface area contributed by atoms with E-state index >= 15 is 0 Å². The van der Waals surface area contributed by atoms with Gasteiger partial charge in [-0.05, 0) is 25.3 Å². The van der Waals surface area contributed by atoms with Crippen LogP contribution in [-0.4, -0.2) is 44.3 Å². The van der Waals surface area contributed by atoms with Crippen molar-refractivity contribution in [2.75, 3.05) is 6.54 Å². The molecule has 1 unspecified atom stereocenters. The Kier molecular flexibility index (Phi) is 6.37. The van der Waals surface area contributed by atoms with Gasteiger partial charge in [0.05, 0.1) is 17.7 Å². The van der Waals surface area contributed by atoms with E-state index in [9.17, 15) is 19.5 Å². The number of amides is 1. The molecular formula is C21H21N3O6. The molecule has 1 aliphatic heterocycles. The van der Waals surface area contributed by atoms with Crippen LogP contribution in [0.1, 0.15) is 40.7 Å². The lowest BCUT2D eigenvalue weighted by Crippen LogP contribution is -2.46. The van der Waals surface area contributed by atoms with Crippen LogP contribution in [0.15, 0.2) is 41.5 Å². The fourth-order valence-electron chi connectivity index (χ4n) is 3.52. The van der Waals surface area contributed by atoms with Gasteiger partial charge in [0.1, 0.15) is 12.2 Å². The van der Waals surface area contributed by atoms with E-state index in [-0.39, 0.29) is 19.2 Å². The number of benzene rings is 1. The normalized spacial score (nSPS) is 16.0. The molecule has 0 spiro atoms. The molecule has 2 aromatic rings. The Hall–Kier alpha value is -3.80. The molecule has 1 fully saturated rings. The van der Waals surface area contributed by atoms with Gasteiger partial charge in [0.2, 0.25) is 5.43 Å². The number of piperidine rings is 1. The van der Waals surface area contributed by atoms with Crippen LogP contribution in [0.4, 0.5) is 4.79 Å². The molecule has 9 nitrogen and oxygen atoms in total. The molecule has 3 rings (SSSR count). The number of aromatic hydroxyl groups is 1. The minimum absolute atomic E-state index is 0.0340. The van der Waals surface area contributed by atoms with Crippen LogP contribution < -0.4 is 5.43 Å². The van der Waals surface area contributed by atoms with Gasteiger partial charge in [-0.3, -0.25) is 4.79 Å². The maximum Gasteiger partial charge on any atom is 0.410 e. The van der Waals surface area contributed by atoms with Crippen molar-refractivity contribution in [1.29, 1.82) is 5.26 Å². The van der Waals surface area contributed by atoms with Gasteiger partial charge in [0, 0.05) is 31.0 Å². The van der Waals surface area contributed by atoms with Crippen molar-refractivity contribution >= 4 is 12.1 Å². The summed E-state index contributed by atoms with van der Waals surface area (Å²) in [6.07, 6.45) is 4.14. The van der Waals surface area contributed by atoms with Crippen LogP contribution in [0.3, 0.4) is 0 Å². The zero-order chi connectivity index (χ0) is 21.7. The van der Waals surface area contributed by atoms with Crippen molar-refractivity contribution in [2.45, 2.75) is 38.5 Å². The maximum absolute atomic E-state index is 12.7. The van der Waals surface area contributed by atoms with Gasteiger partial charge >= 0.3 is 12.1 Å². The summed E-state index contributed by atoms with van der Waals surface area (Å²) in [5.41, 5.74) is -0.438. The average Bonchev–Trinajstić information content (AvgIpc) is 2.74. The predicted octanol–water partition coefficient (Wildman–Crippen LogP) is 2.32. The second-order valence-corrected chi connectivity index (χ2v) is 7.05. The molecule has 9 heteroatoms. The molecule has 30 heavy (non-hydrogen) atoms. The van der Waals surface area contributed by atoms with Gasteiger partial charge in [0.15, 0.2) is 5.75 Å². The minimum Gasteiger partial charge on any atom is -0.503 e. The predicted molar refractivity (Wildman–Crippen MR) is 105 cm³/mol. The van der Waals surface area contributed by atoms with Gasteiger partial charge < -0.3 is 24.4 Å². The summed E-state index contributed by atoms with van der Waals surface area (Å²) in [6.45, 7) is 0.646. The Labute approximate surface area is 172 Å². The number of aromatic carboxylic acids is 1. The molecule has 1 saturated heterocycles. The third kappa shape index (κ3) is 4.60. The highest BCUT2D eigenvalue weighted by molar-refractivity contribution is 5.87. The summed E-state index contributed by atoms with van der Waals surface area (Å²) in [7, 11) is 0. The Balaban J connectivity index is 1.74. The van der Waals surface area contributed by atoms with E-state index in [1.165, 1.54) is 4.57 Å². The van der Waals surface area contributed by atoms with Crippen molar-refractivity contribution < 1.29 is 24.5 Å². The highest BCUT2D eigenvalue weighted by atomic mass is 16.6. The topological polar surface area (TPSA) is 133 Å². The third-order valence-electron chi connectivity index (χ3n) is 5.06. The Bertz CT molecular complexity index is 1060. The molecule has 1 aromatic carbocycles. The Morgan fingerprint density at radius 3 is 2.73 bits per heavy atom. The molecule has 2 heterocycles. The number of nitrogens with zero attached hydrogens (tertiary/aromatic N) is 3. The molecule has 1 atom stereocenters. The molecule has 0 bridgehead atoms. The highest BCUT2D eigenvalue weighted by Crippen LogP contribution is 2.21. The summed E-state index contributed by atoms with van der Waals surface area (Å²) in [5.74, 6) is -2.09. The molecule has 0 radical (unpaired) electrons. The molecule has 0 aliphatic carbocycles. The van der Waals surface area contributed by atoms with E-state index < -0.39 is 28.8 Å². The second kappa shape index (κ2) is 9.13. The first-order chi connectivity index (χ1) is 14.4. The quantitative estimate of drug-likeness (QED) is 0.771. The van der Waals surface area contributed by atoms with Crippen LogP contribution in [0.2, 0.25) is 0 Å². The number of hydrogen-bond donors (Lipinski definition) is 2. The van der Waals surface area contributed by atoms with Crippen molar-refractivity contribution in [3.63, 3.8) is 0 Å². The largest absolute Gasteiger partial charge is 0.503 e. The number of pyridine rings is 1. The van der Waals surface area contributed by atoms with E-state index in [0.717, 1.165) is 25.2 Å². The minimum atomic E-state index is -1.43. The van der Waals surface area contributed by atoms with Crippen LogP contribution in [0.25, 0.3) is 0 Å². The zero-order valence-electron chi connectivity index (χ0n) is 16.2. The lowest BCUT2D eigenvalue weighted by atomic mass is 10.0. The van der Waals surface area contributed by atoms with Crippen LogP contribution in [0.5, 0.6) is 5.75 Å². The molecule has 1 amide bonds. The zero-order valence-corrected chi connectivity index (χ0v) is 16.2. The van der Waals surface area contributed by atoms with Gasteiger partial charge in [-0.15, -0.1) is 0 Å². The lowest BCUT2D eigenvalue weighted by molar-refractivity contribution is 0.0630. The number of carboxylic acid groups (broad SMARTS) is 1. The van der Waals surface area contributed by atoms with Crippen LogP contribution in [0, 0.1) is 11.3 Å². The van der Waals surface area contributed by atoms with Crippen molar-refractivity contribution in [1.82, 2.24) is 9.47 Å². The number of carbonyl (C=O) groups excluding carboxylic acids is 1. The smallest absolute Gasteiger partial charge is 0.410 e. The van der Waals surface area contributed by atoms with Crippen molar-refractivity contribution in [3.8, 4) is 11.8 Å². The number of hydrogen-bond acceptors (Lipinski definition) is 6. The monoisotopic (exact) mass is 411 g/mol. The number of ether oxygens (including phenoxy) is 1. The number of rotatable bonds is 5. The SMILES string of the molecule is N#Cc1ccccc1COC(=O)N1CCCCC1Cn1cc(O)c(=O)c(C(=O)O)c1. The number of aromatic nitrogens is 1. The number of nitriles is 1. The number of likely N-dealkylation sites (tertiary alicyclic amines) is 1. The van der Waals surface area contributed by atoms with Gasteiger partial charge in [-0.1, -0.05) is 18.2 Å². The number of carboxylic acids is 1. The fourth-order valence-corrected chi connectivity index (χ4v) is 3.52. The first-order valence-electron chi connectivity index (χ1n) is 9.48. The Morgan fingerprint density at radius 1 is 1.23 bits per heavy atom. The van der Waals surface area contributed by atoms with Crippen LogP contribution in [-0.2, 0) is 17.9 Å². The van der Waals surface area contributed by atoms with E-state index in [0.29, 0.717) is 24.1 Å². The van der Waals surface area contributed by atoms with Gasteiger partial charge in [0.25, 0.3) is 0 Å². The molecular weight excluding hydrogens is 390 g/mol.